The Balaban J connectivity index is 1.86. The van der Waals surface area contributed by atoms with E-state index in [4.69, 9.17) is 10.1 Å². The van der Waals surface area contributed by atoms with E-state index >= 15 is 0 Å². The summed E-state index contributed by atoms with van der Waals surface area (Å²) in [6.45, 7) is 0. The van der Waals surface area contributed by atoms with Crippen molar-refractivity contribution in [2.75, 3.05) is 0 Å². The van der Waals surface area contributed by atoms with Gasteiger partial charge in [-0.15, -0.1) is 0 Å². The lowest BCUT2D eigenvalue weighted by Crippen LogP contribution is -2.52. The smallest absolute Gasteiger partial charge is 0.221 e. The third-order valence-electron chi connectivity index (χ3n) is 6.02. The highest BCUT2D eigenvalue weighted by molar-refractivity contribution is 7.91. The van der Waals surface area contributed by atoms with Gasteiger partial charge < -0.3 is 0 Å². The van der Waals surface area contributed by atoms with Crippen molar-refractivity contribution in [2.45, 2.75) is 30.1 Å². The Bertz CT molecular complexity index is 1300. The van der Waals surface area contributed by atoms with E-state index in [2.05, 4.69) is 12.1 Å². The van der Waals surface area contributed by atoms with Gasteiger partial charge in [-0.3, -0.25) is 4.99 Å². The fourth-order valence-electron chi connectivity index (χ4n) is 4.83. The van der Waals surface area contributed by atoms with Crippen LogP contribution in [0, 0.1) is 0 Å². The summed E-state index contributed by atoms with van der Waals surface area (Å²) in [6.07, 6.45) is 2.06. The minimum atomic E-state index is -3.85. The number of nitrogens with zero attached hydrogens (tertiary/aromatic N) is 1. The van der Waals surface area contributed by atoms with Crippen molar-refractivity contribution in [3.63, 3.8) is 0 Å². The first kappa shape index (κ1) is 16.7. The molecule has 1 heterocycles. The lowest BCUT2D eigenvalue weighted by Gasteiger charge is -2.37. The van der Waals surface area contributed by atoms with Gasteiger partial charge in [-0.25, -0.2) is 13.6 Å². The number of primary sulfonamides is 1. The highest BCUT2D eigenvalue weighted by atomic mass is 32.2. The lowest BCUT2D eigenvalue weighted by atomic mass is 9.84. The van der Waals surface area contributed by atoms with Crippen LogP contribution in [-0.2, 0) is 10.0 Å². The number of benzene rings is 3. The summed E-state index contributed by atoms with van der Waals surface area (Å²) >= 11 is 0. The minimum absolute atomic E-state index is 0.510. The van der Waals surface area contributed by atoms with Gasteiger partial charge in [-0.1, -0.05) is 54.6 Å². The monoisotopic (exact) mass is 376 g/mol. The maximum absolute atomic E-state index is 12.9. The van der Waals surface area contributed by atoms with E-state index in [-0.39, 0.29) is 0 Å². The van der Waals surface area contributed by atoms with Crippen LogP contribution in [0.3, 0.4) is 0 Å². The molecule has 136 valence electrons. The van der Waals surface area contributed by atoms with Crippen LogP contribution in [0.4, 0.5) is 0 Å². The fraction of sp³-hybridized carbons (Fsp3) is 0.227. The lowest BCUT2D eigenvalue weighted by molar-refractivity contribution is 0.495. The van der Waals surface area contributed by atoms with Gasteiger partial charge in [0, 0.05) is 5.22 Å². The van der Waals surface area contributed by atoms with E-state index in [9.17, 15) is 8.42 Å². The molecule has 0 saturated heterocycles. The summed E-state index contributed by atoms with van der Waals surface area (Å²) in [7, 11) is -3.85. The van der Waals surface area contributed by atoms with E-state index in [0.29, 0.717) is 6.42 Å². The van der Waals surface area contributed by atoms with Gasteiger partial charge in [-0.05, 0) is 53.3 Å². The maximum atomic E-state index is 12.9. The Kier molecular flexibility index (Phi) is 3.55. The molecule has 1 saturated carbocycles. The zero-order valence-electron chi connectivity index (χ0n) is 14.8. The van der Waals surface area contributed by atoms with Crippen molar-refractivity contribution in [3.05, 3.63) is 82.9 Å². The van der Waals surface area contributed by atoms with Gasteiger partial charge in [0.25, 0.3) is 0 Å². The Labute approximate surface area is 158 Å². The molecule has 0 bridgehead atoms. The summed E-state index contributed by atoms with van der Waals surface area (Å²) in [4.78, 5) is 4.92. The summed E-state index contributed by atoms with van der Waals surface area (Å²) in [5.41, 5.74) is 1.82. The van der Waals surface area contributed by atoms with E-state index < -0.39 is 20.8 Å². The average Bonchev–Trinajstić information content (AvgIpc) is 3.14. The summed E-state index contributed by atoms with van der Waals surface area (Å²) in [5, 5.41) is 9.86. The van der Waals surface area contributed by atoms with E-state index in [1.54, 1.807) is 0 Å². The molecule has 1 fully saturated rings. The molecule has 2 N–H and O–H groups in total. The van der Waals surface area contributed by atoms with Crippen LogP contribution in [0.25, 0.3) is 16.3 Å². The van der Waals surface area contributed by atoms with Crippen molar-refractivity contribution in [2.24, 2.45) is 10.1 Å². The number of nitrogens with two attached hydrogens (primary N) is 1. The maximum Gasteiger partial charge on any atom is 0.221 e. The van der Waals surface area contributed by atoms with Crippen LogP contribution in [0.5, 0.6) is 0 Å². The third-order valence-corrected chi connectivity index (χ3v) is 7.71. The zero-order chi connectivity index (χ0) is 18.6. The number of sulfonamides is 1. The minimum Gasteiger partial charge on any atom is -0.275 e. The van der Waals surface area contributed by atoms with Crippen molar-refractivity contribution in [3.8, 4) is 0 Å². The normalized spacial score (nSPS) is 24.3. The second-order valence-corrected chi connectivity index (χ2v) is 9.24. The SMILES string of the molecule is NS(=O)(=O)[C@]12CCCC1=c1ccccc1=N[C@H]2c1ccc2ccccc2c1. The third kappa shape index (κ3) is 2.32. The quantitative estimate of drug-likeness (QED) is 0.747. The number of para-hydroxylation sites is 1. The Morgan fingerprint density at radius 2 is 1.70 bits per heavy atom. The van der Waals surface area contributed by atoms with Crippen LogP contribution in [0.2, 0.25) is 0 Å². The molecule has 0 unspecified atom stereocenters. The molecule has 2 aliphatic rings. The first-order valence-corrected chi connectivity index (χ1v) is 10.7. The summed E-state index contributed by atoms with van der Waals surface area (Å²) in [5.74, 6) is 0. The van der Waals surface area contributed by atoms with Gasteiger partial charge in [0.2, 0.25) is 10.0 Å². The first-order valence-electron chi connectivity index (χ1n) is 9.18. The molecule has 1 aliphatic heterocycles. The van der Waals surface area contributed by atoms with Gasteiger partial charge in [0.05, 0.1) is 5.36 Å². The van der Waals surface area contributed by atoms with E-state index in [0.717, 1.165) is 45.3 Å². The molecule has 4 nitrogen and oxygen atoms in total. The first-order chi connectivity index (χ1) is 13.0. The second-order valence-electron chi connectivity index (χ2n) is 7.42. The molecule has 3 aromatic carbocycles. The fourth-order valence-corrected chi connectivity index (χ4v) is 6.31. The van der Waals surface area contributed by atoms with Crippen molar-refractivity contribution >= 4 is 26.4 Å². The predicted octanol–water partition coefficient (Wildman–Crippen LogP) is 2.58. The number of hydrogen-bond donors (Lipinski definition) is 1. The Hall–Kier alpha value is -2.50. The molecule has 27 heavy (non-hydrogen) atoms. The number of fused-ring (bicyclic) bond motifs is 3. The van der Waals surface area contributed by atoms with E-state index in [1.165, 1.54) is 0 Å². The zero-order valence-corrected chi connectivity index (χ0v) is 15.6. The molecule has 5 rings (SSSR count). The highest BCUT2D eigenvalue weighted by Gasteiger charge is 2.55. The second kappa shape index (κ2) is 5.75. The topological polar surface area (TPSA) is 72.5 Å². The van der Waals surface area contributed by atoms with Crippen molar-refractivity contribution in [1.29, 1.82) is 0 Å². The molecule has 3 aromatic rings. The van der Waals surface area contributed by atoms with Gasteiger partial charge in [0.1, 0.15) is 10.8 Å². The van der Waals surface area contributed by atoms with Crippen LogP contribution in [0.15, 0.2) is 71.7 Å². The largest absolute Gasteiger partial charge is 0.275 e. The molecule has 0 spiro atoms. The van der Waals surface area contributed by atoms with Crippen molar-refractivity contribution < 1.29 is 8.42 Å². The van der Waals surface area contributed by atoms with Crippen molar-refractivity contribution in [1.82, 2.24) is 0 Å². The molecule has 1 aliphatic carbocycles. The molecular formula is C22H20N2O2S. The molecule has 0 aromatic heterocycles. The van der Waals surface area contributed by atoms with Crippen LogP contribution < -0.4 is 15.7 Å². The summed E-state index contributed by atoms with van der Waals surface area (Å²) < 4.78 is 24.7. The molecule has 5 heteroatoms. The molecular weight excluding hydrogens is 356 g/mol. The number of hydrogen-bond acceptors (Lipinski definition) is 3. The Morgan fingerprint density at radius 3 is 2.52 bits per heavy atom. The average molecular weight is 376 g/mol. The standard InChI is InChI=1S/C22H20N2O2S/c23-27(25,26)22-13-5-9-19(22)18-8-3-4-10-20(18)24-21(22)17-12-11-15-6-1-2-7-16(15)14-17/h1-4,6-8,10-12,14,21H,5,9,13H2,(H2,23,25,26)/t21-,22+/m0/s1. The predicted molar refractivity (Wildman–Crippen MR) is 107 cm³/mol. The van der Waals surface area contributed by atoms with Gasteiger partial charge >= 0.3 is 0 Å². The van der Waals surface area contributed by atoms with Crippen LogP contribution in [0.1, 0.15) is 30.9 Å². The molecule has 0 amide bonds. The molecule has 0 radical (unpaired) electrons. The van der Waals surface area contributed by atoms with Crippen LogP contribution in [-0.4, -0.2) is 13.2 Å². The van der Waals surface area contributed by atoms with Crippen LogP contribution >= 0.6 is 0 Å². The van der Waals surface area contributed by atoms with E-state index in [1.807, 2.05) is 54.6 Å². The van der Waals surface area contributed by atoms with Gasteiger partial charge in [-0.2, -0.15) is 0 Å². The van der Waals surface area contributed by atoms with Gasteiger partial charge in [0.15, 0.2) is 0 Å². The molecule has 2 atom stereocenters. The highest BCUT2D eigenvalue weighted by Crippen LogP contribution is 2.51. The Morgan fingerprint density at radius 1 is 0.963 bits per heavy atom. The number of rotatable bonds is 2. The summed E-state index contributed by atoms with van der Waals surface area (Å²) in [6, 6.07) is 21.4.